The molecule has 0 aliphatic rings. The van der Waals surface area contributed by atoms with Gasteiger partial charge in [-0.05, 0) is 23.8 Å². The fourth-order valence-corrected chi connectivity index (χ4v) is 2.87. The summed E-state index contributed by atoms with van der Waals surface area (Å²) in [5.41, 5.74) is 1.88. The van der Waals surface area contributed by atoms with Crippen molar-refractivity contribution in [1.82, 2.24) is 19.7 Å². The lowest BCUT2D eigenvalue weighted by molar-refractivity contribution is 0.103. The molecule has 3 aromatic rings. The molecule has 2 heterocycles. The van der Waals surface area contributed by atoms with Crippen molar-refractivity contribution in [2.24, 2.45) is 0 Å². The molecule has 8 heteroatoms. The predicted octanol–water partition coefficient (Wildman–Crippen LogP) is 2.86. The SMILES string of the molecule is O=C(c1cc(CO)n(Cc2cccc(Br)c2)n1)c1cncnc1Cl. The molecule has 0 fully saturated rings. The second-order valence-electron chi connectivity index (χ2n) is 5.02. The number of benzene rings is 1. The molecule has 24 heavy (non-hydrogen) atoms. The Hall–Kier alpha value is -2.09. The van der Waals surface area contributed by atoms with Gasteiger partial charge in [-0.1, -0.05) is 39.7 Å². The van der Waals surface area contributed by atoms with E-state index in [9.17, 15) is 9.90 Å². The van der Waals surface area contributed by atoms with Crippen molar-refractivity contribution in [3.8, 4) is 0 Å². The van der Waals surface area contributed by atoms with Gasteiger partial charge in [0.25, 0.3) is 0 Å². The number of hydrogen-bond donors (Lipinski definition) is 1. The van der Waals surface area contributed by atoms with Crippen LogP contribution in [0.3, 0.4) is 0 Å². The molecule has 2 aromatic heterocycles. The Balaban J connectivity index is 1.93. The molecule has 3 rings (SSSR count). The highest BCUT2D eigenvalue weighted by molar-refractivity contribution is 9.10. The van der Waals surface area contributed by atoms with E-state index in [4.69, 9.17) is 11.6 Å². The van der Waals surface area contributed by atoms with Crippen molar-refractivity contribution in [1.29, 1.82) is 0 Å². The van der Waals surface area contributed by atoms with E-state index in [1.807, 2.05) is 24.3 Å². The standard InChI is InChI=1S/C16H12BrClN4O2/c17-11-3-1-2-10(4-11)7-22-12(8-23)5-14(21-22)15(24)13-6-19-9-20-16(13)18/h1-6,9,23H,7-8H2. The summed E-state index contributed by atoms with van der Waals surface area (Å²) >= 11 is 9.35. The first-order chi connectivity index (χ1) is 11.6. The number of aromatic nitrogens is 4. The van der Waals surface area contributed by atoms with Crippen LogP contribution in [0.1, 0.15) is 27.3 Å². The first kappa shape index (κ1) is 16.8. The summed E-state index contributed by atoms with van der Waals surface area (Å²) in [6.45, 7) is 0.203. The number of halogens is 2. The summed E-state index contributed by atoms with van der Waals surface area (Å²) in [6, 6.07) is 9.27. The predicted molar refractivity (Wildman–Crippen MR) is 91.9 cm³/mol. The highest BCUT2D eigenvalue weighted by Crippen LogP contribution is 2.18. The minimum absolute atomic E-state index is 0.0714. The third-order valence-corrected chi connectivity index (χ3v) is 4.18. The zero-order valence-corrected chi connectivity index (χ0v) is 14.7. The van der Waals surface area contributed by atoms with E-state index in [0.717, 1.165) is 10.0 Å². The van der Waals surface area contributed by atoms with Gasteiger partial charge in [0.15, 0.2) is 0 Å². The lowest BCUT2D eigenvalue weighted by atomic mass is 10.1. The molecule has 6 nitrogen and oxygen atoms in total. The summed E-state index contributed by atoms with van der Waals surface area (Å²) in [5, 5.41) is 13.9. The highest BCUT2D eigenvalue weighted by atomic mass is 79.9. The zero-order valence-electron chi connectivity index (χ0n) is 12.4. The maximum atomic E-state index is 12.5. The van der Waals surface area contributed by atoms with E-state index in [1.54, 1.807) is 10.7 Å². The first-order valence-corrected chi connectivity index (χ1v) is 8.18. The van der Waals surface area contributed by atoms with Gasteiger partial charge >= 0.3 is 0 Å². The first-order valence-electron chi connectivity index (χ1n) is 7.00. The van der Waals surface area contributed by atoms with Gasteiger partial charge in [-0.25, -0.2) is 9.97 Å². The van der Waals surface area contributed by atoms with E-state index in [2.05, 4.69) is 31.0 Å². The smallest absolute Gasteiger partial charge is 0.217 e. The second kappa shape index (κ2) is 7.21. The quantitative estimate of drug-likeness (QED) is 0.519. The summed E-state index contributed by atoms with van der Waals surface area (Å²) < 4.78 is 2.54. The van der Waals surface area contributed by atoms with Gasteiger partial charge in [0.05, 0.1) is 24.4 Å². The van der Waals surface area contributed by atoms with Crippen molar-refractivity contribution >= 4 is 33.3 Å². The zero-order chi connectivity index (χ0) is 17.1. The molecule has 122 valence electrons. The Morgan fingerprint density at radius 3 is 2.88 bits per heavy atom. The summed E-state index contributed by atoms with van der Waals surface area (Å²) in [4.78, 5) is 20.1. The Kier molecular flexibility index (Phi) is 5.03. The molecule has 0 aliphatic heterocycles. The Morgan fingerprint density at radius 1 is 1.33 bits per heavy atom. The van der Waals surface area contributed by atoms with Crippen LogP contribution >= 0.6 is 27.5 Å². The normalized spacial score (nSPS) is 10.8. The van der Waals surface area contributed by atoms with E-state index in [1.165, 1.54) is 12.5 Å². The number of aliphatic hydroxyl groups excluding tert-OH is 1. The average molecular weight is 408 g/mol. The van der Waals surface area contributed by atoms with Crippen LogP contribution in [0.2, 0.25) is 5.15 Å². The van der Waals surface area contributed by atoms with E-state index < -0.39 is 0 Å². The molecule has 0 saturated heterocycles. The number of ketones is 1. The highest BCUT2D eigenvalue weighted by Gasteiger charge is 2.19. The van der Waals surface area contributed by atoms with Crippen LogP contribution in [0.5, 0.6) is 0 Å². The van der Waals surface area contributed by atoms with Crippen LogP contribution in [-0.2, 0) is 13.2 Å². The molecular weight excluding hydrogens is 396 g/mol. The maximum absolute atomic E-state index is 12.5. The third-order valence-electron chi connectivity index (χ3n) is 3.39. The van der Waals surface area contributed by atoms with Crippen molar-refractivity contribution < 1.29 is 9.90 Å². The Bertz CT molecular complexity index is 897. The largest absolute Gasteiger partial charge is 0.390 e. The van der Waals surface area contributed by atoms with Gasteiger partial charge in [-0.3, -0.25) is 9.48 Å². The number of carbonyl (C=O) groups is 1. The minimum atomic E-state index is -0.386. The molecule has 0 saturated carbocycles. The molecule has 1 aromatic carbocycles. The number of rotatable bonds is 5. The van der Waals surface area contributed by atoms with Crippen LogP contribution < -0.4 is 0 Å². The summed E-state index contributed by atoms with van der Waals surface area (Å²) in [5.74, 6) is -0.386. The number of aliphatic hydroxyl groups is 1. The van der Waals surface area contributed by atoms with Gasteiger partial charge in [-0.15, -0.1) is 0 Å². The molecule has 0 radical (unpaired) electrons. The lowest BCUT2D eigenvalue weighted by Crippen LogP contribution is -2.09. The topological polar surface area (TPSA) is 80.9 Å². The molecular formula is C16H12BrClN4O2. The fraction of sp³-hybridized carbons (Fsp3) is 0.125. The van der Waals surface area contributed by atoms with E-state index in [-0.39, 0.29) is 28.8 Å². The van der Waals surface area contributed by atoms with Gasteiger partial charge in [0.1, 0.15) is 17.2 Å². The van der Waals surface area contributed by atoms with Crippen LogP contribution in [0, 0.1) is 0 Å². The maximum Gasteiger partial charge on any atom is 0.217 e. The van der Waals surface area contributed by atoms with Gasteiger partial charge < -0.3 is 5.11 Å². The minimum Gasteiger partial charge on any atom is -0.390 e. The Labute approximate surface area is 151 Å². The molecule has 0 amide bonds. The van der Waals surface area contributed by atoms with Crippen LogP contribution in [0.4, 0.5) is 0 Å². The molecule has 0 spiro atoms. The van der Waals surface area contributed by atoms with Crippen molar-refractivity contribution in [3.05, 3.63) is 75.0 Å². The second-order valence-corrected chi connectivity index (χ2v) is 6.30. The van der Waals surface area contributed by atoms with Crippen molar-refractivity contribution in [2.75, 3.05) is 0 Å². The summed E-state index contributed by atoms with van der Waals surface area (Å²) in [6.07, 6.45) is 2.62. The average Bonchev–Trinajstić information content (AvgIpc) is 2.97. The third kappa shape index (κ3) is 3.53. The van der Waals surface area contributed by atoms with Gasteiger partial charge in [0, 0.05) is 10.7 Å². The van der Waals surface area contributed by atoms with Crippen LogP contribution in [0.25, 0.3) is 0 Å². The molecule has 0 aliphatic carbocycles. The molecule has 1 N–H and O–H groups in total. The number of hydrogen-bond acceptors (Lipinski definition) is 5. The fourth-order valence-electron chi connectivity index (χ4n) is 2.24. The Morgan fingerprint density at radius 2 is 2.17 bits per heavy atom. The number of nitrogens with zero attached hydrogens (tertiary/aromatic N) is 4. The molecule has 0 bridgehead atoms. The summed E-state index contributed by atoms with van der Waals surface area (Å²) in [7, 11) is 0. The van der Waals surface area contributed by atoms with Crippen LogP contribution in [0.15, 0.2) is 47.3 Å². The monoisotopic (exact) mass is 406 g/mol. The van der Waals surface area contributed by atoms with Crippen molar-refractivity contribution in [3.63, 3.8) is 0 Å². The van der Waals surface area contributed by atoms with E-state index >= 15 is 0 Å². The molecule has 0 atom stereocenters. The lowest BCUT2D eigenvalue weighted by Gasteiger charge is -2.06. The van der Waals surface area contributed by atoms with Gasteiger partial charge in [0.2, 0.25) is 5.78 Å². The van der Waals surface area contributed by atoms with Crippen LogP contribution in [-0.4, -0.2) is 30.6 Å². The van der Waals surface area contributed by atoms with Crippen molar-refractivity contribution in [2.45, 2.75) is 13.2 Å². The molecule has 0 unspecified atom stereocenters. The van der Waals surface area contributed by atoms with E-state index in [0.29, 0.717) is 12.2 Å². The number of carbonyl (C=O) groups excluding carboxylic acids is 1. The van der Waals surface area contributed by atoms with Gasteiger partial charge in [-0.2, -0.15) is 5.10 Å².